The van der Waals surface area contributed by atoms with Crippen LogP contribution in [0.1, 0.15) is 59.5 Å². The quantitative estimate of drug-likeness (QED) is 0.690. The fraction of sp³-hybridized carbons (Fsp3) is 0.440. The van der Waals surface area contributed by atoms with Gasteiger partial charge in [0.1, 0.15) is 11.5 Å². The predicted octanol–water partition coefficient (Wildman–Crippen LogP) is 4.67. The van der Waals surface area contributed by atoms with Crippen LogP contribution < -0.4 is 10.1 Å². The van der Waals surface area contributed by atoms with E-state index in [0.717, 1.165) is 49.2 Å². The van der Waals surface area contributed by atoms with E-state index in [-0.39, 0.29) is 5.91 Å². The number of nitrogens with one attached hydrogen (secondary N) is 1. The molecule has 1 aliphatic carbocycles. The van der Waals surface area contributed by atoms with Crippen LogP contribution in [-0.4, -0.2) is 44.3 Å². The van der Waals surface area contributed by atoms with Crippen LogP contribution in [0, 0.1) is 0 Å². The predicted molar refractivity (Wildman–Crippen MR) is 120 cm³/mol. The molecule has 1 N–H and O–H groups in total. The highest BCUT2D eigenvalue weighted by Gasteiger charge is 2.20. The van der Waals surface area contributed by atoms with Gasteiger partial charge < -0.3 is 15.0 Å². The summed E-state index contributed by atoms with van der Waals surface area (Å²) in [5.74, 6) is 1.51. The molecule has 30 heavy (non-hydrogen) atoms. The Bertz CT molecular complexity index is 864. The maximum absolute atomic E-state index is 12.8. The second-order valence-electron chi connectivity index (χ2n) is 8.32. The van der Waals surface area contributed by atoms with Gasteiger partial charge in [0.05, 0.1) is 7.11 Å². The van der Waals surface area contributed by atoms with Crippen LogP contribution in [0.25, 0.3) is 0 Å². The van der Waals surface area contributed by atoms with E-state index in [1.807, 2.05) is 24.3 Å². The van der Waals surface area contributed by atoms with Crippen LogP contribution in [0.15, 0.2) is 42.5 Å². The van der Waals surface area contributed by atoms with Crippen molar-refractivity contribution in [2.75, 3.05) is 33.1 Å². The summed E-state index contributed by atoms with van der Waals surface area (Å²) in [6.07, 6.45) is 5.07. The Labute approximate surface area is 179 Å². The molecule has 160 valence electrons. The molecule has 3 rings (SSSR count). The summed E-state index contributed by atoms with van der Waals surface area (Å²) in [6.45, 7) is 0.987. The molecule has 0 unspecified atom stereocenters. The van der Waals surface area contributed by atoms with Gasteiger partial charge in [-0.3, -0.25) is 9.59 Å². The topological polar surface area (TPSA) is 58.6 Å². The molecule has 0 heterocycles. The van der Waals surface area contributed by atoms with E-state index in [1.54, 1.807) is 13.2 Å². The van der Waals surface area contributed by atoms with Crippen LogP contribution in [-0.2, 0) is 11.2 Å². The van der Waals surface area contributed by atoms with Gasteiger partial charge >= 0.3 is 0 Å². The number of rotatable bonds is 8. The number of carbonyl (C=O) groups is 2. The first-order chi connectivity index (χ1) is 14.5. The number of hydrogen-bond acceptors (Lipinski definition) is 4. The highest BCUT2D eigenvalue weighted by molar-refractivity contribution is 6.04. The van der Waals surface area contributed by atoms with Crippen molar-refractivity contribution in [1.82, 2.24) is 4.90 Å². The molecular weight excluding hydrogens is 376 g/mol. The molecule has 0 bridgehead atoms. The molecule has 1 amide bonds. The number of nitrogens with zero attached hydrogens (tertiary/aromatic N) is 1. The third kappa shape index (κ3) is 5.92. The molecule has 1 fully saturated rings. The second-order valence-corrected chi connectivity index (χ2v) is 8.32. The first kappa shape index (κ1) is 22.0. The van der Waals surface area contributed by atoms with Crippen molar-refractivity contribution in [1.29, 1.82) is 0 Å². The lowest BCUT2D eigenvalue weighted by molar-refractivity contribution is -0.120. The molecule has 0 radical (unpaired) electrons. The third-order valence-electron chi connectivity index (χ3n) is 5.78. The highest BCUT2D eigenvalue weighted by atomic mass is 16.5. The zero-order valence-electron chi connectivity index (χ0n) is 18.2. The lowest BCUT2D eigenvalue weighted by atomic mass is 9.83. The number of anilines is 1. The van der Waals surface area contributed by atoms with Crippen molar-refractivity contribution in [2.45, 2.75) is 44.4 Å². The molecule has 2 aromatic carbocycles. The van der Waals surface area contributed by atoms with Gasteiger partial charge in [0.15, 0.2) is 0 Å². The molecule has 0 aliphatic heterocycles. The SMILES string of the molecule is COc1ccc(C(=O)Nc2ccc(C3CCC(=O)CC3)cc2)cc1CCCN(C)C. The van der Waals surface area contributed by atoms with Gasteiger partial charge in [-0.2, -0.15) is 0 Å². The average Bonchev–Trinajstić information content (AvgIpc) is 2.74. The van der Waals surface area contributed by atoms with Gasteiger partial charge in [0.25, 0.3) is 5.91 Å². The molecule has 0 atom stereocenters. The maximum Gasteiger partial charge on any atom is 0.255 e. The monoisotopic (exact) mass is 408 g/mol. The molecule has 5 nitrogen and oxygen atoms in total. The van der Waals surface area contributed by atoms with Crippen molar-refractivity contribution in [3.8, 4) is 5.75 Å². The number of benzene rings is 2. The minimum Gasteiger partial charge on any atom is -0.496 e. The van der Waals surface area contributed by atoms with E-state index in [1.165, 1.54) is 5.56 Å². The third-order valence-corrected chi connectivity index (χ3v) is 5.78. The van der Waals surface area contributed by atoms with E-state index in [2.05, 4.69) is 36.4 Å². The number of aryl methyl sites for hydroxylation is 1. The average molecular weight is 409 g/mol. The molecule has 1 saturated carbocycles. The van der Waals surface area contributed by atoms with Crippen LogP contribution in [0.4, 0.5) is 5.69 Å². The number of methoxy groups -OCH3 is 1. The van der Waals surface area contributed by atoms with Crippen molar-refractivity contribution in [3.63, 3.8) is 0 Å². The van der Waals surface area contributed by atoms with Gasteiger partial charge in [-0.25, -0.2) is 0 Å². The molecule has 0 spiro atoms. The zero-order valence-corrected chi connectivity index (χ0v) is 18.2. The summed E-state index contributed by atoms with van der Waals surface area (Å²) in [6, 6.07) is 13.6. The first-order valence-corrected chi connectivity index (χ1v) is 10.7. The molecule has 1 aliphatic rings. The summed E-state index contributed by atoms with van der Waals surface area (Å²) in [5.41, 5.74) is 3.70. The first-order valence-electron chi connectivity index (χ1n) is 10.7. The van der Waals surface area contributed by atoms with Gasteiger partial charge in [-0.05, 0) is 93.7 Å². The molecule has 5 heteroatoms. The van der Waals surface area contributed by atoms with Crippen LogP contribution in [0.2, 0.25) is 0 Å². The molecule has 2 aromatic rings. The molecule has 0 saturated heterocycles. The maximum atomic E-state index is 12.8. The van der Waals surface area contributed by atoms with E-state index >= 15 is 0 Å². The zero-order chi connectivity index (χ0) is 21.5. The van der Waals surface area contributed by atoms with E-state index in [9.17, 15) is 9.59 Å². The number of amides is 1. The second kappa shape index (κ2) is 10.4. The highest BCUT2D eigenvalue weighted by Crippen LogP contribution is 2.31. The van der Waals surface area contributed by atoms with E-state index in [4.69, 9.17) is 4.74 Å². The van der Waals surface area contributed by atoms with Gasteiger partial charge in [0, 0.05) is 24.1 Å². The fourth-order valence-electron chi connectivity index (χ4n) is 4.02. The fourth-order valence-corrected chi connectivity index (χ4v) is 4.02. The lowest BCUT2D eigenvalue weighted by Gasteiger charge is -2.21. The molecule has 0 aromatic heterocycles. The number of ketones is 1. The van der Waals surface area contributed by atoms with Crippen LogP contribution in [0.3, 0.4) is 0 Å². The van der Waals surface area contributed by atoms with E-state index < -0.39 is 0 Å². The Morgan fingerprint density at radius 1 is 1.10 bits per heavy atom. The van der Waals surface area contributed by atoms with Crippen LogP contribution >= 0.6 is 0 Å². The largest absolute Gasteiger partial charge is 0.496 e. The number of hydrogen-bond donors (Lipinski definition) is 1. The number of ether oxygens (including phenoxy) is 1. The van der Waals surface area contributed by atoms with Crippen molar-refractivity contribution >= 4 is 17.4 Å². The van der Waals surface area contributed by atoms with Gasteiger partial charge in [0.2, 0.25) is 0 Å². The Morgan fingerprint density at radius 3 is 2.43 bits per heavy atom. The minimum absolute atomic E-state index is 0.123. The smallest absolute Gasteiger partial charge is 0.255 e. The Hall–Kier alpha value is -2.66. The van der Waals surface area contributed by atoms with Crippen LogP contribution in [0.5, 0.6) is 5.75 Å². The summed E-state index contributed by atoms with van der Waals surface area (Å²) < 4.78 is 5.47. The summed E-state index contributed by atoms with van der Waals surface area (Å²) in [7, 11) is 5.77. The van der Waals surface area contributed by atoms with Crippen molar-refractivity contribution < 1.29 is 14.3 Å². The van der Waals surface area contributed by atoms with E-state index in [0.29, 0.717) is 30.1 Å². The summed E-state index contributed by atoms with van der Waals surface area (Å²) in [5, 5.41) is 2.99. The minimum atomic E-state index is -0.123. The van der Waals surface area contributed by atoms with Gasteiger partial charge in [-0.1, -0.05) is 12.1 Å². The Kier molecular flexibility index (Phi) is 7.63. The van der Waals surface area contributed by atoms with Gasteiger partial charge in [-0.15, -0.1) is 0 Å². The lowest BCUT2D eigenvalue weighted by Crippen LogP contribution is -2.15. The summed E-state index contributed by atoms with van der Waals surface area (Å²) >= 11 is 0. The normalized spacial score (nSPS) is 14.7. The van der Waals surface area contributed by atoms with Crippen molar-refractivity contribution in [3.05, 3.63) is 59.2 Å². The number of carbonyl (C=O) groups excluding carboxylic acids is 2. The standard InChI is InChI=1S/C25H32N2O3/c1-27(2)16-4-5-20-17-21(10-15-24(20)30-3)25(29)26-22-11-6-18(7-12-22)19-8-13-23(28)14-9-19/h6-7,10-12,15,17,19H,4-5,8-9,13-14,16H2,1-3H3,(H,26,29). The van der Waals surface area contributed by atoms with Crippen molar-refractivity contribution in [2.24, 2.45) is 0 Å². The number of Topliss-reactive ketones (excluding diaryl/α,β-unsaturated/α-hetero) is 1. The Morgan fingerprint density at radius 2 is 1.80 bits per heavy atom. The summed E-state index contributed by atoms with van der Waals surface area (Å²) in [4.78, 5) is 26.4. The Balaban J connectivity index is 1.64. The molecular formula is C25H32N2O3.